The Morgan fingerprint density at radius 1 is 1.40 bits per heavy atom. The van der Waals surface area contributed by atoms with Crippen molar-refractivity contribution in [2.24, 2.45) is 0 Å². The Balaban J connectivity index is 2.03. The Morgan fingerprint density at radius 2 is 2.13 bits per heavy atom. The molecule has 15 heavy (non-hydrogen) atoms. The third kappa shape index (κ3) is 2.35. The SMILES string of the molecule is O=C(O)C1C=C(Cc2ccccc2)ON1. The summed E-state index contributed by atoms with van der Waals surface area (Å²) in [7, 11) is 0. The van der Waals surface area contributed by atoms with Gasteiger partial charge in [0.15, 0.2) is 6.04 Å². The van der Waals surface area contributed by atoms with E-state index in [9.17, 15) is 4.79 Å². The lowest BCUT2D eigenvalue weighted by atomic mass is 10.1. The number of benzene rings is 1. The Hall–Kier alpha value is -1.81. The van der Waals surface area contributed by atoms with Gasteiger partial charge in [-0.2, -0.15) is 0 Å². The second-order valence-corrected chi connectivity index (χ2v) is 3.33. The van der Waals surface area contributed by atoms with E-state index in [2.05, 4.69) is 5.48 Å². The summed E-state index contributed by atoms with van der Waals surface area (Å²) in [6.07, 6.45) is 2.19. The van der Waals surface area contributed by atoms with Crippen LogP contribution >= 0.6 is 0 Å². The highest BCUT2D eigenvalue weighted by Gasteiger charge is 2.22. The Kier molecular flexibility index (Phi) is 2.69. The summed E-state index contributed by atoms with van der Waals surface area (Å²) < 4.78 is 0. The quantitative estimate of drug-likeness (QED) is 0.775. The molecule has 1 aromatic carbocycles. The molecule has 0 saturated heterocycles. The minimum atomic E-state index is -0.932. The zero-order chi connectivity index (χ0) is 10.7. The Bertz CT molecular complexity index is 386. The molecular weight excluding hydrogens is 194 g/mol. The first-order valence-electron chi connectivity index (χ1n) is 4.65. The van der Waals surface area contributed by atoms with Gasteiger partial charge in [-0.1, -0.05) is 30.3 Å². The second-order valence-electron chi connectivity index (χ2n) is 3.33. The first-order valence-corrected chi connectivity index (χ1v) is 4.65. The van der Waals surface area contributed by atoms with Crippen molar-refractivity contribution in [3.63, 3.8) is 0 Å². The second kappa shape index (κ2) is 4.14. The van der Waals surface area contributed by atoms with E-state index in [4.69, 9.17) is 9.94 Å². The van der Waals surface area contributed by atoms with Gasteiger partial charge in [-0.3, -0.25) is 4.79 Å². The summed E-state index contributed by atoms with van der Waals surface area (Å²) in [5.74, 6) is -0.285. The zero-order valence-electron chi connectivity index (χ0n) is 8.01. The molecule has 1 heterocycles. The predicted octanol–water partition coefficient (Wildman–Crippen LogP) is 1.10. The molecular formula is C11H11NO3. The van der Waals surface area contributed by atoms with Gasteiger partial charge < -0.3 is 9.94 Å². The summed E-state index contributed by atoms with van der Waals surface area (Å²) in [5, 5.41) is 8.71. The van der Waals surface area contributed by atoms with E-state index in [1.165, 1.54) is 0 Å². The fraction of sp³-hybridized carbons (Fsp3) is 0.182. The van der Waals surface area contributed by atoms with Crippen molar-refractivity contribution in [3.05, 3.63) is 47.7 Å². The molecule has 1 aliphatic rings. The number of carboxylic acids is 1. The molecule has 0 bridgehead atoms. The lowest BCUT2D eigenvalue weighted by Gasteiger charge is -2.03. The van der Waals surface area contributed by atoms with E-state index in [0.29, 0.717) is 12.2 Å². The van der Waals surface area contributed by atoms with Crippen molar-refractivity contribution in [1.29, 1.82) is 0 Å². The summed E-state index contributed by atoms with van der Waals surface area (Å²) >= 11 is 0. The van der Waals surface area contributed by atoms with E-state index in [1.807, 2.05) is 30.3 Å². The number of hydrogen-bond acceptors (Lipinski definition) is 3. The number of rotatable bonds is 3. The van der Waals surface area contributed by atoms with Crippen molar-refractivity contribution in [3.8, 4) is 0 Å². The molecule has 1 atom stereocenters. The van der Waals surface area contributed by atoms with Gasteiger partial charge in [0.05, 0.1) is 0 Å². The number of carbonyl (C=O) groups is 1. The number of nitrogens with one attached hydrogen (secondary N) is 1. The van der Waals surface area contributed by atoms with Gasteiger partial charge in [-0.25, -0.2) is 0 Å². The smallest absolute Gasteiger partial charge is 0.328 e. The monoisotopic (exact) mass is 205 g/mol. The molecule has 1 unspecified atom stereocenters. The van der Waals surface area contributed by atoms with Crippen molar-refractivity contribution in [2.45, 2.75) is 12.5 Å². The molecule has 2 rings (SSSR count). The van der Waals surface area contributed by atoms with Crippen molar-refractivity contribution in [2.75, 3.05) is 0 Å². The molecule has 0 amide bonds. The van der Waals surface area contributed by atoms with Crippen LogP contribution in [0.5, 0.6) is 0 Å². The van der Waals surface area contributed by atoms with E-state index in [-0.39, 0.29) is 0 Å². The van der Waals surface area contributed by atoms with Crippen LogP contribution in [0.25, 0.3) is 0 Å². The molecule has 4 heteroatoms. The molecule has 0 aromatic heterocycles. The van der Waals surface area contributed by atoms with Crippen LogP contribution in [0.15, 0.2) is 42.2 Å². The lowest BCUT2D eigenvalue weighted by Crippen LogP contribution is -2.29. The number of hydrogen-bond donors (Lipinski definition) is 2. The minimum Gasteiger partial charge on any atom is -0.480 e. The topological polar surface area (TPSA) is 58.6 Å². The highest BCUT2D eigenvalue weighted by molar-refractivity contribution is 5.76. The maximum absolute atomic E-state index is 10.6. The van der Waals surface area contributed by atoms with Gasteiger partial charge in [0.1, 0.15) is 5.76 Å². The van der Waals surface area contributed by atoms with Gasteiger partial charge in [-0.15, -0.1) is 5.48 Å². The fourth-order valence-corrected chi connectivity index (χ4v) is 1.41. The van der Waals surface area contributed by atoms with E-state index >= 15 is 0 Å². The van der Waals surface area contributed by atoms with Crippen molar-refractivity contribution in [1.82, 2.24) is 5.48 Å². The molecule has 0 fully saturated rings. The van der Waals surface area contributed by atoms with Crippen LogP contribution in [0.4, 0.5) is 0 Å². The van der Waals surface area contributed by atoms with Gasteiger partial charge >= 0.3 is 5.97 Å². The highest BCUT2D eigenvalue weighted by atomic mass is 16.7. The van der Waals surface area contributed by atoms with Crippen LogP contribution < -0.4 is 5.48 Å². The van der Waals surface area contributed by atoms with Gasteiger partial charge in [-0.05, 0) is 11.6 Å². The average Bonchev–Trinajstić information content (AvgIpc) is 2.68. The van der Waals surface area contributed by atoms with E-state index in [1.54, 1.807) is 6.08 Å². The van der Waals surface area contributed by atoms with Crippen LogP contribution in [0.2, 0.25) is 0 Å². The van der Waals surface area contributed by atoms with Gasteiger partial charge in [0.2, 0.25) is 0 Å². The molecule has 2 N–H and O–H groups in total. The number of hydroxylamine groups is 1. The van der Waals surface area contributed by atoms with Crippen molar-refractivity contribution < 1.29 is 14.7 Å². The molecule has 1 aromatic rings. The molecule has 0 aliphatic carbocycles. The average molecular weight is 205 g/mol. The maximum Gasteiger partial charge on any atom is 0.328 e. The van der Waals surface area contributed by atoms with Crippen LogP contribution in [-0.4, -0.2) is 17.1 Å². The predicted molar refractivity (Wildman–Crippen MR) is 53.9 cm³/mol. The largest absolute Gasteiger partial charge is 0.480 e. The molecule has 1 aliphatic heterocycles. The Labute approximate surface area is 87.1 Å². The molecule has 0 spiro atoms. The standard InChI is InChI=1S/C11H11NO3/c13-11(14)10-7-9(15-12-10)6-8-4-2-1-3-5-8/h1-5,7,10,12H,6H2,(H,13,14). The third-order valence-corrected chi connectivity index (χ3v) is 2.16. The summed E-state index contributed by atoms with van der Waals surface area (Å²) in [6, 6.07) is 9.02. The molecule has 78 valence electrons. The number of allylic oxidation sites excluding steroid dienone is 1. The fourth-order valence-electron chi connectivity index (χ4n) is 1.41. The van der Waals surface area contributed by atoms with E-state index in [0.717, 1.165) is 5.56 Å². The summed E-state index contributed by atoms with van der Waals surface area (Å²) in [5.41, 5.74) is 3.53. The van der Waals surface area contributed by atoms with Crippen LogP contribution in [0.1, 0.15) is 5.56 Å². The van der Waals surface area contributed by atoms with Crippen LogP contribution in [0, 0.1) is 0 Å². The van der Waals surface area contributed by atoms with Gasteiger partial charge in [0, 0.05) is 6.42 Å². The first-order chi connectivity index (χ1) is 7.25. The normalized spacial score (nSPS) is 19.5. The van der Waals surface area contributed by atoms with Crippen LogP contribution in [-0.2, 0) is 16.1 Å². The third-order valence-electron chi connectivity index (χ3n) is 2.16. The summed E-state index contributed by atoms with van der Waals surface area (Å²) in [6.45, 7) is 0. The van der Waals surface area contributed by atoms with Crippen molar-refractivity contribution >= 4 is 5.97 Å². The minimum absolute atomic E-state index is 0.609. The van der Waals surface area contributed by atoms with Gasteiger partial charge in [0.25, 0.3) is 0 Å². The summed E-state index contributed by atoms with van der Waals surface area (Å²) in [4.78, 5) is 15.7. The Morgan fingerprint density at radius 3 is 2.73 bits per heavy atom. The zero-order valence-corrected chi connectivity index (χ0v) is 8.01. The number of aliphatic carboxylic acids is 1. The number of carboxylic acid groups (broad SMARTS) is 1. The molecule has 0 saturated carbocycles. The maximum atomic E-state index is 10.6. The van der Waals surface area contributed by atoms with E-state index < -0.39 is 12.0 Å². The first kappa shape index (κ1) is 9.73. The van der Waals surface area contributed by atoms with Crippen LogP contribution in [0.3, 0.4) is 0 Å². The highest BCUT2D eigenvalue weighted by Crippen LogP contribution is 2.13. The lowest BCUT2D eigenvalue weighted by molar-refractivity contribution is -0.139. The molecule has 0 radical (unpaired) electrons. The molecule has 4 nitrogen and oxygen atoms in total.